The zero-order valence-corrected chi connectivity index (χ0v) is 29.8. The van der Waals surface area contributed by atoms with Crippen LogP contribution >= 0.6 is 0 Å². The molecule has 0 saturated carbocycles. The monoisotopic (exact) mass is 700 g/mol. The second kappa shape index (κ2) is 12.6. The van der Waals surface area contributed by atoms with Crippen LogP contribution in [-0.2, 0) is 0 Å². The summed E-state index contributed by atoms with van der Waals surface area (Å²) in [5.74, 6) is 0.677. The fourth-order valence-electron chi connectivity index (χ4n) is 8.23. The third-order valence-corrected chi connectivity index (χ3v) is 10.8. The smallest absolute Gasteiger partial charge is 0.160 e. The van der Waals surface area contributed by atoms with Crippen molar-refractivity contribution >= 4 is 54.4 Å². The van der Waals surface area contributed by atoms with E-state index < -0.39 is 0 Å². The fraction of sp³-hybridized carbons (Fsp3) is 0. The number of para-hydroxylation sites is 4. The van der Waals surface area contributed by atoms with Crippen molar-refractivity contribution in [1.82, 2.24) is 19.5 Å². The molecule has 3 aromatic heterocycles. The zero-order valence-electron chi connectivity index (χ0n) is 29.8. The molecule has 4 heteroatoms. The molecule has 0 atom stereocenters. The number of nitrogens with zero attached hydrogens (tertiary/aromatic N) is 4. The molecule has 0 amide bonds. The molecule has 4 nitrogen and oxygen atoms in total. The van der Waals surface area contributed by atoms with Gasteiger partial charge in [0.2, 0.25) is 0 Å². The SMILES string of the molecule is c1ccc(-c2ccc(-c3nc(-c4cccc(-c5nc6ccccc6c6ccc7c8ccccc8n(-c8ccccc8)c7c56)c4)nc4ccccc34)cc2)cc1. The first-order valence-electron chi connectivity index (χ1n) is 18.6. The fourth-order valence-corrected chi connectivity index (χ4v) is 8.23. The van der Waals surface area contributed by atoms with Gasteiger partial charge in [0.05, 0.1) is 33.5 Å². The summed E-state index contributed by atoms with van der Waals surface area (Å²) in [7, 11) is 0. The average Bonchev–Trinajstić information content (AvgIpc) is 3.61. The van der Waals surface area contributed by atoms with Gasteiger partial charge in [0.25, 0.3) is 0 Å². The number of rotatable bonds is 5. The molecule has 0 fully saturated rings. The van der Waals surface area contributed by atoms with Crippen molar-refractivity contribution in [2.75, 3.05) is 0 Å². The summed E-state index contributed by atoms with van der Waals surface area (Å²) in [6.45, 7) is 0. The summed E-state index contributed by atoms with van der Waals surface area (Å²) in [6, 6.07) is 68.4. The quantitative estimate of drug-likeness (QED) is 0.168. The molecule has 256 valence electrons. The topological polar surface area (TPSA) is 43.6 Å². The Balaban J connectivity index is 1.15. The van der Waals surface area contributed by atoms with Crippen molar-refractivity contribution in [1.29, 1.82) is 0 Å². The summed E-state index contributed by atoms with van der Waals surface area (Å²) in [5.41, 5.74) is 12.5. The van der Waals surface area contributed by atoms with Gasteiger partial charge in [-0.2, -0.15) is 0 Å². The lowest BCUT2D eigenvalue weighted by molar-refractivity contribution is 1.19. The van der Waals surface area contributed by atoms with Gasteiger partial charge in [-0.05, 0) is 52.9 Å². The van der Waals surface area contributed by atoms with E-state index >= 15 is 0 Å². The normalized spacial score (nSPS) is 11.6. The van der Waals surface area contributed by atoms with Crippen LogP contribution in [0.3, 0.4) is 0 Å². The van der Waals surface area contributed by atoms with Crippen molar-refractivity contribution < 1.29 is 0 Å². The van der Waals surface area contributed by atoms with Gasteiger partial charge < -0.3 is 4.57 Å². The van der Waals surface area contributed by atoms with Crippen LogP contribution in [-0.4, -0.2) is 19.5 Å². The van der Waals surface area contributed by atoms with Crippen molar-refractivity contribution in [2.45, 2.75) is 0 Å². The predicted octanol–water partition coefficient (Wildman–Crippen LogP) is 13.1. The number of aromatic nitrogens is 4. The molecule has 0 saturated heterocycles. The van der Waals surface area contributed by atoms with Gasteiger partial charge in [-0.25, -0.2) is 15.0 Å². The van der Waals surface area contributed by atoms with Crippen LogP contribution in [0, 0.1) is 0 Å². The Morgan fingerprint density at radius 1 is 0.327 bits per heavy atom. The van der Waals surface area contributed by atoms with Gasteiger partial charge in [-0.15, -0.1) is 0 Å². The van der Waals surface area contributed by atoms with E-state index in [0.29, 0.717) is 5.82 Å². The Morgan fingerprint density at radius 2 is 0.909 bits per heavy atom. The van der Waals surface area contributed by atoms with E-state index in [4.69, 9.17) is 15.0 Å². The molecule has 55 heavy (non-hydrogen) atoms. The van der Waals surface area contributed by atoms with Crippen LogP contribution in [0.1, 0.15) is 0 Å². The van der Waals surface area contributed by atoms with Crippen molar-refractivity contribution in [3.8, 4) is 50.7 Å². The third kappa shape index (κ3) is 5.11. The molecule has 0 aliphatic heterocycles. The molecule has 0 unspecified atom stereocenters. The standard InChI is InChI=1S/C51H32N4/c1-3-14-33(15-4-1)34-26-28-35(29-27-34)48-43-22-8-11-24-45(43)53-51(54-48)37-17-13-16-36(32-37)49-47-41(39-20-7-10-23-44(39)52-49)30-31-42-40-21-9-12-25-46(40)55(50(42)47)38-18-5-2-6-19-38/h1-32H. The number of pyridine rings is 1. The van der Waals surface area contributed by atoms with Gasteiger partial charge in [-0.3, -0.25) is 0 Å². The first-order chi connectivity index (χ1) is 27.3. The molecule has 3 heterocycles. The maximum atomic E-state index is 5.46. The van der Waals surface area contributed by atoms with Gasteiger partial charge >= 0.3 is 0 Å². The molecule has 8 aromatic carbocycles. The highest BCUT2D eigenvalue weighted by Gasteiger charge is 2.21. The molecule has 11 aromatic rings. The molecule has 0 aliphatic rings. The van der Waals surface area contributed by atoms with E-state index in [9.17, 15) is 0 Å². The minimum atomic E-state index is 0.677. The van der Waals surface area contributed by atoms with Crippen LogP contribution in [0.15, 0.2) is 194 Å². The average molecular weight is 701 g/mol. The number of hydrogen-bond acceptors (Lipinski definition) is 3. The molecule has 11 rings (SSSR count). The van der Waals surface area contributed by atoms with E-state index in [0.717, 1.165) is 72.0 Å². The van der Waals surface area contributed by atoms with E-state index in [2.05, 4.69) is 187 Å². The molecular formula is C51H32N4. The van der Waals surface area contributed by atoms with Crippen molar-refractivity contribution in [3.63, 3.8) is 0 Å². The summed E-state index contributed by atoms with van der Waals surface area (Å²) in [4.78, 5) is 15.9. The highest BCUT2D eigenvalue weighted by atomic mass is 15.0. The second-order valence-electron chi connectivity index (χ2n) is 14.0. The van der Waals surface area contributed by atoms with Gasteiger partial charge in [0.15, 0.2) is 5.82 Å². The lowest BCUT2D eigenvalue weighted by atomic mass is 9.96. The minimum absolute atomic E-state index is 0.677. The Hall–Kier alpha value is -7.43. The zero-order chi connectivity index (χ0) is 36.3. The Labute approximate surface area is 317 Å². The van der Waals surface area contributed by atoms with E-state index in [1.165, 1.54) is 27.3 Å². The molecule has 0 bridgehead atoms. The molecule has 0 radical (unpaired) electrons. The molecule has 0 aliphatic carbocycles. The lowest BCUT2D eigenvalue weighted by Crippen LogP contribution is -1.98. The highest BCUT2D eigenvalue weighted by molar-refractivity contribution is 6.25. The van der Waals surface area contributed by atoms with Gasteiger partial charge in [-0.1, -0.05) is 158 Å². The first-order valence-corrected chi connectivity index (χ1v) is 18.6. The molecule has 0 N–H and O–H groups in total. The second-order valence-corrected chi connectivity index (χ2v) is 14.0. The Bertz CT molecular complexity index is 3240. The van der Waals surface area contributed by atoms with Crippen molar-refractivity contribution in [3.05, 3.63) is 194 Å². The van der Waals surface area contributed by atoms with E-state index in [-0.39, 0.29) is 0 Å². The number of hydrogen-bond donors (Lipinski definition) is 0. The summed E-state index contributed by atoms with van der Waals surface area (Å²) >= 11 is 0. The van der Waals surface area contributed by atoms with Crippen LogP contribution in [0.25, 0.3) is 105 Å². The van der Waals surface area contributed by atoms with Crippen LogP contribution in [0.5, 0.6) is 0 Å². The third-order valence-electron chi connectivity index (χ3n) is 10.8. The summed E-state index contributed by atoms with van der Waals surface area (Å²) in [5, 5.41) is 6.85. The first kappa shape index (κ1) is 31.1. The molecule has 0 spiro atoms. The number of fused-ring (bicyclic) bond motifs is 8. The van der Waals surface area contributed by atoms with Crippen LogP contribution in [0.2, 0.25) is 0 Å². The highest BCUT2D eigenvalue weighted by Crippen LogP contribution is 2.43. The Morgan fingerprint density at radius 3 is 1.71 bits per heavy atom. The van der Waals surface area contributed by atoms with Crippen molar-refractivity contribution in [2.24, 2.45) is 0 Å². The van der Waals surface area contributed by atoms with E-state index in [1.807, 2.05) is 12.1 Å². The lowest BCUT2D eigenvalue weighted by Gasteiger charge is -2.15. The van der Waals surface area contributed by atoms with Crippen LogP contribution < -0.4 is 0 Å². The maximum Gasteiger partial charge on any atom is 0.160 e. The summed E-state index contributed by atoms with van der Waals surface area (Å²) < 4.78 is 2.40. The van der Waals surface area contributed by atoms with E-state index in [1.54, 1.807) is 0 Å². The Kier molecular flexibility index (Phi) is 7.14. The minimum Gasteiger partial charge on any atom is -0.309 e. The summed E-state index contributed by atoms with van der Waals surface area (Å²) in [6.07, 6.45) is 0. The van der Waals surface area contributed by atoms with Gasteiger partial charge in [0, 0.05) is 49.3 Å². The van der Waals surface area contributed by atoms with Crippen LogP contribution in [0.4, 0.5) is 0 Å². The number of benzene rings is 8. The van der Waals surface area contributed by atoms with Gasteiger partial charge in [0.1, 0.15) is 0 Å². The molecular weight excluding hydrogens is 669 g/mol. The maximum absolute atomic E-state index is 5.46. The largest absolute Gasteiger partial charge is 0.309 e. The predicted molar refractivity (Wildman–Crippen MR) is 228 cm³/mol.